The fraction of sp³-hybridized carbons (Fsp3) is 0.333. The van der Waals surface area contributed by atoms with Crippen LogP contribution in [-0.2, 0) is 16.5 Å². The molecule has 2 heterocycles. The van der Waals surface area contributed by atoms with Crippen LogP contribution in [-0.4, -0.2) is 25.9 Å². The van der Waals surface area contributed by atoms with Crippen molar-refractivity contribution in [1.29, 1.82) is 0 Å². The van der Waals surface area contributed by atoms with E-state index in [1.807, 2.05) is 0 Å². The molecule has 10 heteroatoms. The number of H-pyrrole nitrogens is 1. The predicted octanol–water partition coefficient (Wildman–Crippen LogP) is 3.08. The van der Waals surface area contributed by atoms with Gasteiger partial charge in [0.1, 0.15) is 29.6 Å². The lowest BCUT2D eigenvalue weighted by molar-refractivity contribution is -0.140. The van der Waals surface area contributed by atoms with Crippen molar-refractivity contribution in [3.05, 3.63) is 103 Å². The Kier molecular flexibility index (Phi) is 6.01. The lowest BCUT2D eigenvalue weighted by atomic mass is 9.80. The highest BCUT2D eigenvalue weighted by atomic mass is 19.4. The number of rotatable bonds is 4. The van der Waals surface area contributed by atoms with Gasteiger partial charge in [0.25, 0.3) is 5.56 Å². The highest BCUT2D eigenvalue weighted by molar-refractivity contribution is 5.36. The van der Waals surface area contributed by atoms with E-state index >= 15 is 0 Å². The van der Waals surface area contributed by atoms with Gasteiger partial charge in [-0.3, -0.25) is 14.3 Å². The van der Waals surface area contributed by atoms with E-state index in [4.69, 9.17) is 4.74 Å². The number of ether oxygens (including phenoxy) is 1. The summed E-state index contributed by atoms with van der Waals surface area (Å²) < 4.78 is 46.5. The topological polar surface area (TPSA) is 105 Å². The van der Waals surface area contributed by atoms with Crippen LogP contribution in [0.15, 0.2) is 64.3 Å². The molecule has 0 radical (unpaired) electrons. The first-order valence-corrected chi connectivity index (χ1v) is 10.5. The summed E-state index contributed by atoms with van der Waals surface area (Å²) in [6, 6.07) is 13.7. The lowest BCUT2D eigenvalue weighted by Crippen LogP contribution is -2.40. The molecular formula is C24H23F3N2O5. The second-order valence-corrected chi connectivity index (χ2v) is 8.46. The first-order valence-electron chi connectivity index (χ1n) is 10.5. The van der Waals surface area contributed by atoms with Gasteiger partial charge in [-0.15, -0.1) is 0 Å². The molecule has 0 spiro atoms. The molecule has 1 unspecified atom stereocenters. The maximum Gasteiger partial charge on any atom is 0.423 e. The number of benzene rings is 2. The third-order valence-corrected chi connectivity index (χ3v) is 6.25. The first-order chi connectivity index (χ1) is 15.9. The van der Waals surface area contributed by atoms with Gasteiger partial charge in [0.15, 0.2) is 0 Å². The second kappa shape index (κ2) is 8.53. The minimum absolute atomic E-state index is 0.339. The fourth-order valence-electron chi connectivity index (χ4n) is 4.52. The number of aromatic amines is 1. The van der Waals surface area contributed by atoms with Crippen molar-refractivity contribution in [3.8, 4) is 0 Å². The van der Waals surface area contributed by atoms with Gasteiger partial charge in [-0.05, 0) is 36.1 Å². The SMILES string of the molecule is Cc1ccccc1C(O)[C@H]1O[C@@H](n2cc(C(F)(F)F)c(=O)[nH]c2=O)C[C@@]1(O)c1ccccc1C. The summed E-state index contributed by atoms with van der Waals surface area (Å²) in [5.41, 5.74) is -3.87. The Morgan fingerprint density at radius 2 is 1.71 bits per heavy atom. The number of aliphatic hydroxyl groups is 2. The monoisotopic (exact) mass is 476 g/mol. The molecule has 1 aliphatic heterocycles. The quantitative estimate of drug-likeness (QED) is 0.537. The van der Waals surface area contributed by atoms with Crippen molar-refractivity contribution >= 4 is 0 Å². The molecule has 2 aromatic carbocycles. The van der Waals surface area contributed by atoms with Crippen molar-refractivity contribution in [1.82, 2.24) is 9.55 Å². The van der Waals surface area contributed by atoms with Crippen LogP contribution in [0.25, 0.3) is 0 Å². The van der Waals surface area contributed by atoms with Crippen LogP contribution in [0.2, 0.25) is 0 Å². The summed E-state index contributed by atoms with van der Waals surface area (Å²) in [5.74, 6) is 0. The fourth-order valence-corrected chi connectivity index (χ4v) is 4.52. The van der Waals surface area contributed by atoms with Crippen molar-refractivity contribution in [2.24, 2.45) is 0 Å². The molecule has 1 fully saturated rings. The summed E-state index contributed by atoms with van der Waals surface area (Å²) in [4.78, 5) is 25.8. The van der Waals surface area contributed by atoms with E-state index in [1.165, 1.54) is 0 Å². The van der Waals surface area contributed by atoms with Crippen LogP contribution in [0.5, 0.6) is 0 Å². The number of nitrogens with one attached hydrogen (secondary N) is 1. The van der Waals surface area contributed by atoms with E-state index in [0.717, 1.165) is 5.56 Å². The molecule has 4 atom stereocenters. The Labute approximate surface area is 192 Å². The van der Waals surface area contributed by atoms with E-state index in [0.29, 0.717) is 27.5 Å². The van der Waals surface area contributed by atoms with E-state index in [1.54, 1.807) is 67.4 Å². The Hall–Kier alpha value is -3.21. The molecule has 3 aromatic rings. The smallest absolute Gasteiger partial charge is 0.386 e. The molecule has 34 heavy (non-hydrogen) atoms. The minimum Gasteiger partial charge on any atom is -0.386 e. The molecule has 1 aliphatic rings. The molecule has 1 saturated heterocycles. The standard InChI is InChI=1S/C24H23F3N2O5/c1-13-7-3-5-9-15(13)19(30)20-23(33,16-10-6-4-8-14(16)2)11-18(34-20)29-12-17(24(25,26)27)21(31)28-22(29)32/h3-10,12,18-20,30,33H,11H2,1-2H3,(H,28,31,32)/t18-,19?,20-,23-/m1/s1. The summed E-state index contributed by atoms with van der Waals surface area (Å²) >= 11 is 0. The number of hydrogen-bond donors (Lipinski definition) is 3. The highest BCUT2D eigenvalue weighted by Crippen LogP contribution is 2.49. The van der Waals surface area contributed by atoms with Crippen LogP contribution >= 0.6 is 0 Å². The molecule has 0 amide bonds. The molecule has 1 aromatic heterocycles. The predicted molar refractivity (Wildman–Crippen MR) is 116 cm³/mol. The zero-order valence-corrected chi connectivity index (χ0v) is 18.3. The average molecular weight is 476 g/mol. The molecule has 180 valence electrons. The Morgan fingerprint density at radius 3 is 2.32 bits per heavy atom. The largest absolute Gasteiger partial charge is 0.423 e. The Balaban J connectivity index is 1.85. The normalized spacial score (nSPS) is 23.7. The molecule has 4 rings (SSSR count). The third-order valence-electron chi connectivity index (χ3n) is 6.25. The zero-order valence-electron chi connectivity index (χ0n) is 18.3. The molecular weight excluding hydrogens is 453 g/mol. The van der Waals surface area contributed by atoms with Crippen molar-refractivity contribution < 1.29 is 28.1 Å². The molecule has 3 N–H and O–H groups in total. The second-order valence-electron chi connectivity index (χ2n) is 8.46. The Bertz CT molecular complexity index is 1330. The number of aromatic nitrogens is 2. The van der Waals surface area contributed by atoms with Gasteiger partial charge in [0.2, 0.25) is 0 Å². The molecule has 0 bridgehead atoms. The van der Waals surface area contributed by atoms with Gasteiger partial charge in [-0.2, -0.15) is 13.2 Å². The summed E-state index contributed by atoms with van der Waals surface area (Å²) in [6.07, 6.45) is -9.04. The first kappa shape index (κ1) is 23.9. The van der Waals surface area contributed by atoms with E-state index in [2.05, 4.69) is 0 Å². The van der Waals surface area contributed by atoms with Gasteiger partial charge in [0.05, 0.1) is 0 Å². The van der Waals surface area contributed by atoms with Crippen LogP contribution < -0.4 is 11.2 Å². The minimum atomic E-state index is -5.01. The van der Waals surface area contributed by atoms with Crippen LogP contribution in [0.1, 0.15) is 46.6 Å². The molecule has 7 nitrogen and oxygen atoms in total. The zero-order chi connectivity index (χ0) is 24.8. The van der Waals surface area contributed by atoms with Gasteiger partial charge < -0.3 is 14.9 Å². The van der Waals surface area contributed by atoms with Crippen LogP contribution in [0.3, 0.4) is 0 Å². The van der Waals surface area contributed by atoms with E-state index < -0.39 is 47.0 Å². The van der Waals surface area contributed by atoms with E-state index in [9.17, 15) is 33.0 Å². The maximum absolute atomic E-state index is 13.3. The van der Waals surface area contributed by atoms with Crippen molar-refractivity contribution in [2.45, 2.75) is 50.5 Å². The average Bonchev–Trinajstić information content (AvgIpc) is 3.11. The maximum atomic E-state index is 13.3. The number of aryl methyl sites for hydroxylation is 2. The Morgan fingerprint density at radius 1 is 1.09 bits per heavy atom. The molecule has 0 aliphatic carbocycles. The van der Waals surface area contributed by atoms with Gasteiger partial charge in [-0.1, -0.05) is 48.5 Å². The summed E-state index contributed by atoms with van der Waals surface area (Å²) in [6.45, 7) is 3.51. The van der Waals surface area contributed by atoms with Gasteiger partial charge >= 0.3 is 11.9 Å². The van der Waals surface area contributed by atoms with Crippen LogP contribution in [0.4, 0.5) is 13.2 Å². The number of halogens is 3. The third kappa shape index (κ3) is 4.08. The highest BCUT2D eigenvalue weighted by Gasteiger charge is 2.53. The van der Waals surface area contributed by atoms with E-state index in [-0.39, 0.29) is 6.42 Å². The van der Waals surface area contributed by atoms with Crippen molar-refractivity contribution in [2.75, 3.05) is 0 Å². The van der Waals surface area contributed by atoms with Gasteiger partial charge in [-0.25, -0.2) is 4.79 Å². The number of aliphatic hydroxyl groups excluding tert-OH is 1. The molecule has 0 saturated carbocycles. The summed E-state index contributed by atoms with van der Waals surface area (Å²) in [7, 11) is 0. The van der Waals surface area contributed by atoms with Crippen LogP contribution in [0, 0.1) is 13.8 Å². The lowest BCUT2D eigenvalue weighted by Gasteiger charge is -2.33. The number of hydrogen-bond acceptors (Lipinski definition) is 5. The number of nitrogens with zero attached hydrogens (tertiary/aromatic N) is 1. The van der Waals surface area contributed by atoms with Crippen molar-refractivity contribution in [3.63, 3.8) is 0 Å². The summed E-state index contributed by atoms with van der Waals surface area (Å²) in [5, 5.41) is 23.1. The van der Waals surface area contributed by atoms with Gasteiger partial charge in [0, 0.05) is 12.6 Å². The number of alkyl halides is 3.